The number of aryl methyl sites for hydroxylation is 1. The molecule has 0 aliphatic rings. The Morgan fingerprint density at radius 2 is 1.93 bits per heavy atom. The second-order valence-electron chi connectivity index (χ2n) is 3.39. The van der Waals surface area contributed by atoms with E-state index in [1.807, 2.05) is 18.2 Å². The van der Waals surface area contributed by atoms with Gasteiger partial charge in [-0.25, -0.2) is 4.39 Å². The molecule has 2 aromatic rings. The smallest absolute Gasteiger partial charge is 0.132 e. The van der Waals surface area contributed by atoms with Gasteiger partial charge in [-0.05, 0) is 30.2 Å². The molecule has 1 aromatic heterocycles. The van der Waals surface area contributed by atoms with E-state index in [0.717, 1.165) is 12.0 Å². The van der Waals surface area contributed by atoms with Crippen molar-refractivity contribution in [3.05, 3.63) is 54.0 Å². The first-order valence-corrected chi connectivity index (χ1v) is 5.01. The Morgan fingerprint density at radius 3 is 2.53 bits per heavy atom. The quantitative estimate of drug-likeness (QED) is 0.725. The van der Waals surface area contributed by atoms with Crippen molar-refractivity contribution in [2.75, 3.05) is 0 Å². The molecule has 0 radical (unpaired) electrons. The number of aromatic nitrogens is 1. The van der Waals surface area contributed by atoms with Gasteiger partial charge in [0.1, 0.15) is 5.82 Å². The first-order valence-electron chi connectivity index (χ1n) is 5.01. The van der Waals surface area contributed by atoms with Crippen LogP contribution in [0.4, 0.5) is 4.39 Å². The van der Waals surface area contributed by atoms with Crippen LogP contribution in [0.3, 0.4) is 0 Å². The van der Waals surface area contributed by atoms with Crippen molar-refractivity contribution < 1.29 is 4.39 Å². The maximum absolute atomic E-state index is 13.4. The third-order valence-electron chi connectivity index (χ3n) is 2.38. The van der Waals surface area contributed by atoms with Crippen molar-refractivity contribution in [3.63, 3.8) is 0 Å². The van der Waals surface area contributed by atoms with Crippen molar-refractivity contribution >= 4 is 0 Å². The van der Waals surface area contributed by atoms with Crippen LogP contribution in [-0.2, 0) is 6.42 Å². The summed E-state index contributed by atoms with van der Waals surface area (Å²) in [6.07, 6.45) is 2.74. The molecule has 1 heterocycles. The van der Waals surface area contributed by atoms with Gasteiger partial charge in [0.2, 0.25) is 0 Å². The van der Waals surface area contributed by atoms with Crippen LogP contribution in [0.2, 0.25) is 0 Å². The number of benzene rings is 1. The predicted octanol–water partition coefficient (Wildman–Crippen LogP) is 3.45. The lowest BCUT2D eigenvalue weighted by molar-refractivity contribution is 0.630. The Balaban J connectivity index is 2.42. The van der Waals surface area contributed by atoms with Crippen LogP contribution >= 0.6 is 0 Å². The summed E-state index contributed by atoms with van der Waals surface area (Å²) < 4.78 is 13.4. The van der Waals surface area contributed by atoms with Gasteiger partial charge in [-0.15, -0.1) is 0 Å². The Morgan fingerprint density at radius 1 is 1.13 bits per heavy atom. The predicted molar refractivity (Wildman–Crippen MR) is 59.0 cm³/mol. The Hall–Kier alpha value is -1.70. The first kappa shape index (κ1) is 9.84. The van der Waals surface area contributed by atoms with E-state index in [4.69, 9.17) is 0 Å². The van der Waals surface area contributed by atoms with Crippen LogP contribution in [0.5, 0.6) is 0 Å². The Labute approximate surface area is 88.6 Å². The Bertz CT molecular complexity index is 448. The average Bonchev–Trinajstić information content (AvgIpc) is 2.30. The van der Waals surface area contributed by atoms with E-state index in [1.165, 1.54) is 6.07 Å². The van der Waals surface area contributed by atoms with Gasteiger partial charge in [0.15, 0.2) is 0 Å². The van der Waals surface area contributed by atoms with Gasteiger partial charge in [0, 0.05) is 11.8 Å². The minimum atomic E-state index is -0.228. The third kappa shape index (κ3) is 2.04. The van der Waals surface area contributed by atoms with Crippen LogP contribution < -0.4 is 0 Å². The first-order chi connectivity index (χ1) is 7.31. The van der Waals surface area contributed by atoms with E-state index in [9.17, 15) is 4.39 Å². The zero-order valence-corrected chi connectivity index (χ0v) is 8.57. The molecule has 0 aliphatic carbocycles. The maximum Gasteiger partial charge on any atom is 0.132 e. The molecule has 2 rings (SSSR count). The molecule has 0 fully saturated rings. The lowest BCUT2D eigenvalue weighted by Crippen LogP contribution is -1.89. The van der Waals surface area contributed by atoms with E-state index in [1.54, 1.807) is 18.3 Å². The van der Waals surface area contributed by atoms with Gasteiger partial charge in [-0.1, -0.05) is 25.1 Å². The van der Waals surface area contributed by atoms with E-state index < -0.39 is 0 Å². The van der Waals surface area contributed by atoms with Crippen molar-refractivity contribution in [1.82, 2.24) is 4.98 Å². The number of hydrogen-bond acceptors (Lipinski definition) is 1. The Kier molecular flexibility index (Phi) is 2.77. The minimum Gasteiger partial charge on any atom is -0.256 e. The van der Waals surface area contributed by atoms with E-state index in [0.29, 0.717) is 11.3 Å². The van der Waals surface area contributed by atoms with Gasteiger partial charge in [-0.2, -0.15) is 0 Å². The third-order valence-corrected chi connectivity index (χ3v) is 2.38. The molecule has 0 amide bonds. The molecule has 1 nitrogen and oxygen atoms in total. The van der Waals surface area contributed by atoms with Gasteiger partial charge in [0.25, 0.3) is 0 Å². The number of pyridine rings is 1. The SMILES string of the molecule is CCc1ccc(-c2ccccc2F)nc1. The molecule has 0 N–H and O–H groups in total. The number of nitrogens with zero attached hydrogens (tertiary/aromatic N) is 1. The van der Waals surface area contributed by atoms with Gasteiger partial charge in [0.05, 0.1) is 5.69 Å². The highest BCUT2D eigenvalue weighted by Gasteiger charge is 2.04. The summed E-state index contributed by atoms with van der Waals surface area (Å²) in [6, 6.07) is 10.5. The van der Waals surface area contributed by atoms with Gasteiger partial charge in [-0.3, -0.25) is 4.98 Å². The number of hydrogen-bond donors (Lipinski definition) is 0. The standard InChI is InChI=1S/C13H12FN/c1-2-10-7-8-13(15-9-10)11-5-3-4-6-12(11)14/h3-9H,2H2,1H3. The van der Waals surface area contributed by atoms with Gasteiger partial charge >= 0.3 is 0 Å². The van der Waals surface area contributed by atoms with Crippen molar-refractivity contribution in [1.29, 1.82) is 0 Å². The topological polar surface area (TPSA) is 12.9 Å². The summed E-state index contributed by atoms with van der Waals surface area (Å²) in [7, 11) is 0. The van der Waals surface area contributed by atoms with E-state index in [2.05, 4.69) is 11.9 Å². The minimum absolute atomic E-state index is 0.228. The van der Waals surface area contributed by atoms with Crippen molar-refractivity contribution in [3.8, 4) is 11.3 Å². The molecule has 0 saturated heterocycles. The number of halogens is 1. The molecule has 0 atom stereocenters. The van der Waals surface area contributed by atoms with Crippen LogP contribution in [0.1, 0.15) is 12.5 Å². The van der Waals surface area contributed by atoms with Crippen LogP contribution in [0.25, 0.3) is 11.3 Å². The molecule has 0 unspecified atom stereocenters. The van der Waals surface area contributed by atoms with E-state index in [-0.39, 0.29) is 5.82 Å². The van der Waals surface area contributed by atoms with E-state index >= 15 is 0 Å². The lowest BCUT2D eigenvalue weighted by Gasteiger charge is -2.02. The molecule has 76 valence electrons. The lowest BCUT2D eigenvalue weighted by atomic mass is 10.1. The van der Waals surface area contributed by atoms with Crippen LogP contribution in [0.15, 0.2) is 42.6 Å². The fraction of sp³-hybridized carbons (Fsp3) is 0.154. The summed E-state index contributed by atoms with van der Waals surface area (Å²) in [6.45, 7) is 2.07. The highest BCUT2D eigenvalue weighted by molar-refractivity contribution is 5.59. The molecule has 0 bridgehead atoms. The summed E-state index contributed by atoms with van der Waals surface area (Å²) in [5.41, 5.74) is 2.40. The highest BCUT2D eigenvalue weighted by atomic mass is 19.1. The molecule has 0 aliphatic heterocycles. The molecule has 2 heteroatoms. The second kappa shape index (κ2) is 4.22. The molecular weight excluding hydrogens is 189 g/mol. The van der Waals surface area contributed by atoms with Crippen molar-refractivity contribution in [2.45, 2.75) is 13.3 Å². The highest BCUT2D eigenvalue weighted by Crippen LogP contribution is 2.20. The average molecular weight is 201 g/mol. The summed E-state index contributed by atoms with van der Waals surface area (Å²) >= 11 is 0. The zero-order valence-electron chi connectivity index (χ0n) is 8.57. The molecule has 15 heavy (non-hydrogen) atoms. The number of rotatable bonds is 2. The zero-order chi connectivity index (χ0) is 10.7. The summed E-state index contributed by atoms with van der Waals surface area (Å²) in [4.78, 5) is 4.24. The summed E-state index contributed by atoms with van der Waals surface area (Å²) in [5.74, 6) is -0.228. The fourth-order valence-corrected chi connectivity index (χ4v) is 1.46. The van der Waals surface area contributed by atoms with Crippen LogP contribution in [0, 0.1) is 5.82 Å². The molecule has 0 spiro atoms. The monoisotopic (exact) mass is 201 g/mol. The second-order valence-corrected chi connectivity index (χ2v) is 3.39. The molecule has 0 saturated carbocycles. The largest absolute Gasteiger partial charge is 0.256 e. The maximum atomic E-state index is 13.4. The molecular formula is C13H12FN. The van der Waals surface area contributed by atoms with Crippen molar-refractivity contribution in [2.24, 2.45) is 0 Å². The molecule has 1 aromatic carbocycles. The summed E-state index contributed by atoms with van der Waals surface area (Å²) in [5, 5.41) is 0. The van der Waals surface area contributed by atoms with Crippen LogP contribution in [-0.4, -0.2) is 4.98 Å². The van der Waals surface area contributed by atoms with Gasteiger partial charge < -0.3 is 0 Å². The normalized spacial score (nSPS) is 10.3. The fourth-order valence-electron chi connectivity index (χ4n) is 1.46.